The fourth-order valence-corrected chi connectivity index (χ4v) is 1.12. The third kappa shape index (κ3) is 3.18. The van der Waals surface area contributed by atoms with E-state index >= 15 is 0 Å². The van der Waals surface area contributed by atoms with Gasteiger partial charge in [-0.3, -0.25) is 9.59 Å². The molecule has 0 radical (unpaired) electrons. The molecule has 0 saturated heterocycles. The maximum atomic E-state index is 11.5. The van der Waals surface area contributed by atoms with Crippen LogP contribution in [0.1, 0.15) is 27.6 Å². The predicted octanol–water partition coefficient (Wildman–Crippen LogP) is 1.22. The quantitative estimate of drug-likeness (QED) is 0.448. The molecule has 1 aromatic rings. The molecule has 80 valence electrons. The average molecular weight is 207 g/mol. The number of carbonyl (C=O) groups excluding carboxylic acids is 2. The molecule has 1 aromatic carbocycles. The van der Waals surface area contributed by atoms with E-state index in [1.807, 2.05) is 6.92 Å². The Kier molecular flexibility index (Phi) is 4.50. The van der Waals surface area contributed by atoms with Gasteiger partial charge in [-0.05, 0) is 13.0 Å². The summed E-state index contributed by atoms with van der Waals surface area (Å²) in [7, 11) is 0. The highest BCUT2D eigenvalue weighted by Crippen LogP contribution is 2.05. The van der Waals surface area contributed by atoms with Crippen molar-refractivity contribution in [3.63, 3.8) is 0 Å². The summed E-state index contributed by atoms with van der Waals surface area (Å²) in [6, 6.07) is 6.62. The van der Waals surface area contributed by atoms with Crippen LogP contribution in [0.3, 0.4) is 0 Å². The Bertz CT molecular complexity index is 349. The smallest absolute Gasteiger partial charge is 0.253 e. The lowest BCUT2D eigenvalue weighted by Crippen LogP contribution is -2.26. The van der Waals surface area contributed by atoms with Crippen LogP contribution in [-0.2, 0) is 4.74 Å². The topological polar surface area (TPSA) is 55.4 Å². The second kappa shape index (κ2) is 5.93. The highest BCUT2D eigenvalue weighted by atomic mass is 16.5. The maximum absolute atomic E-state index is 11.5. The zero-order valence-corrected chi connectivity index (χ0v) is 8.53. The molecule has 1 rings (SSSR count). The summed E-state index contributed by atoms with van der Waals surface area (Å²) >= 11 is 0. The molecule has 4 heteroatoms. The van der Waals surface area contributed by atoms with Crippen LogP contribution in [0.15, 0.2) is 24.3 Å². The molecule has 0 aliphatic carbocycles. The van der Waals surface area contributed by atoms with Crippen molar-refractivity contribution < 1.29 is 14.3 Å². The van der Waals surface area contributed by atoms with Gasteiger partial charge < -0.3 is 10.1 Å². The number of hydrogen-bond donors (Lipinski definition) is 1. The van der Waals surface area contributed by atoms with Crippen molar-refractivity contribution in [1.29, 1.82) is 0 Å². The third-order valence-electron chi connectivity index (χ3n) is 1.87. The number of benzene rings is 1. The van der Waals surface area contributed by atoms with Gasteiger partial charge in [-0.1, -0.05) is 18.2 Å². The van der Waals surface area contributed by atoms with Crippen LogP contribution in [0.25, 0.3) is 0 Å². The maximum Gasteiger partial charge on any atom is 0.253 e. The molecule has 0 aromatic heterocycles. The zero-order valence-electron chi connectivity index (χ0n) is 8.53. The van der Waals surface area contributed by atoms with Crippen molar-refractivity contribution in [2.75, 3.05) is 13.3 Å². The molecular weight excluding hydrogens is 194 g/mol. The van der Waals surface area contributed by atoms with E-state index in [2.05, 4.69) is 5.32 Å². The summed E-state index contributed by atoms with van der Waals surface area (Å²) in [6.07, 6.45) is 0.662. The van der Waals surface area contributed by atoms with E-state index in [9.17, 15) is 9.59 Å². The van der Waals surface area contributed by atoms with E-state index in [1.165, 1.54) is 0 Å². The Hall–Kier alpha value is -1.68. The molecular formula is C11H13NO3. The number of nitrogens with one attached hydrogen (secondary N) is 1. The van der Waals surface area contributed by atoms with Gasteiger partial charge >= 0.3 is 0 Å². The van der Waals surface area contributed by atoms with Crippen LogP contribution < -0.4 is 5.32 Å². The minimum atomic E-state index is -0.300. The van der Waals surface area contributed by atoms with Crippen LogP contribution in [0.5, 0.6) is 0 Å². The first-order chi connectivity index (χ1) is 7.29. The van der Waals surface area contributed by atoms with Gasteiger partial charge in [-0.15, -0.1) is 0 Å². The largest absolute Gasteiger partial charge is 0.362 e. The summed E-state index contributed by atoms with van der Waals surface area (Å²) in [5.74, 6) is -0.300. The van der Waals surface area contributed by atoms with Crippen LogP contribution in [0, 0.1) is 0 Å². The molecule has 1 N–H and O–H groups in total. The monoisotopic (exact) mass is 207 g/mol. The van der Waals surface area contributed by atoms with Crippen LogP contribution in [-0.4, -0.2) is 25.5 Å². The van der Waals surface area contributed by atoms with Gasteiger partial charge in [0.1, 0.15) is 6.73 Å². The molecule has 4 nitrogen and oxygen atoms in total. The Morgan fingerprint density at radius 1 is 1.47 bits per heavy atom. The summed E-state index contributed by atoms with van der Waals surface area (Å²) in [5.41, 5.74) is 0.749. The molecule has 1 amide bonds. The highest BCUT2D eigenvalue weighted by molar-refractivity contribution is 6.01. The van der Waals surface area contributed by atoms with E-state index in [0.717, 1.165) is 0 Å². The molecule has 0 aliphatic heterocycles. The first-order valence-corrected chi connectivity index (χ1v) is 4.69. The van der Waals surface area contributed by atoms with Crippen molar-refractivity contribution in [3.05, 3.63) is 35.4 Å². The zero-order chi connectivity index (χ0) is 11.1. The number of carbonyl (C=O) groups is 2. The Morgan fingerprint density at radius 3 is 2.87 bits per heavy atom. The van der Waals surface area contributed by atoms with E-state index in [-0.39, 0.29) is 12.6 Å². The standard InChI is InChI=1S/C11H13NO3/c1-2-15-8-12-11(14)10-6-4-3-5-9(10)7-13/h3-7H,2,8H2,1H3,(H,12,14). The van der Waals surface area contributed by atoms with Crippen LogP contribution >= 0.6 is 0 Å². The minimum absolute atomic E-state index is 0.155. The highest BCUT2D eigenvalue weighted by Gasteiger charge is 2.08. The molecule has 15 heavy (non-hydrogen) atoms. The average Bonchev–Trinajstić information content (AvgIpc) is 2.29. The number of rotatable bonds is 5. The van der Waals surface area contributed by atoms with Gasteiger partial charge in [0.15, 0.2) is 6.29 Å². The minimum Gasteiger partial charge on any atom is -0.362 e. The second-order valence-electron chi connectivity index (χ2n) is 2.85. The van der Waals surface area contributed by atoms with Gasteiger partial charge in [0, 0.05) is 17.7 Å². The molecule has 0 atom stereocenters. The van der Waals surface area contributed by atoms with Gasteiger partial charge in [0.25, 0.3) is 5.91 Å². The summed E-state index contributed by atoms with van der Waals surface area (Å²) in [5, 5.41) is 2.55. The summed E-state index contributed by atoms with van der Waals surface area (Å²) in [6.45, 7) is 2.53. The third-order valence-corrected chi connectivity index (χ3v) is 1.87. The molecule has 0 unspecified atom stereocenters. The normalized spacial score (nSPS) is 9.67. The molecule has 0 aliphatic rings. The van der Waals surface area contributed by atoms with Crippen molar-refractivity contribution in [2.45, 2.75) is 6.92 Å². The van der Waals surface area contributed by atoms with E-state index in [0.29, 0.717) is 24.0 Å². The van der Waals surface area contributed by atoms with Crippen molar-refractivity contribution in [2.24, 2.45) is 0 Å². The Labute approximate surface area is 88.2 Å². The van der Waals surface area contributed by atoms with Crippen molar-refractivity contribution in [1.82, 2.24) is 5.32 Å². The SMILES string of the molecule is CCOCNC(=O)c1ccccc1C=O. The van der Waals surface area contributed by atoms with E-state index in [1.54, 1.807) is 24.3 Å². The number of ether oxygens (including phenoxy) is 1. The Balaban J connectivity index is 2.68. The Morgan fingerprint density at radius 2 is 2.20 bits per heavy atom. The lowest BCUT2D eigenvalue weighted by Gasteiger charge is -2.06. The summed E-state index contributed by atoms with van der Waals surface area (Å²) < 4.78 is 4.98. The fraction of sp³-hybridized carbons (Fsp3) is 0.273. The van der Waals surface area contributed by atoms with Gasteiger partial charge in [0.05, 0.1) is 0 Å². The van der Waals surface area contributed by atoms with Gasteiger partial charge in [-0.2, -0.15) is 0 Å². The van der Waals surface area contributed by atoms with Crippen LogP contribution in [0.2, 0.25) is 0 Å². The number of hydrogen-bond acceptors (Lipinski definition) is 3. The lowest BCUT2D eigenvalue weighted by molar-refractivity contribution is 0.0814. The van der Waals surface area contributed by atoms with Crippen molar-refractivity contribution in [3.8, 4) is 0 Å². The second-order valence-corrected chi connectivity index (χ2v) is 2.85. The first-order valence-electron chi connectivity index (χ1n) is 4.69. The summed E-state index contributed by atoms with van der Waals surface area (Å²) in [4.78, 5) is 22.2. The van der Waals surface area contributed by atoms with Crippen molar-refractivity contribution >= 4 is 12.2 Å². The van der Waals surface area contributed by atoms with E-state index < -0.39 is 0 Å². The molecule has 0 bridgehead atoms. The fourth-order valence-electron chi connectivity index (χ4n) is 1.12. The molecule has 0 spiro atoms. The predicted molar refractivity (Wildman–Crippen MR) is 55.8 cm³/mol. The number of aldehydes is 1. The lowest BCUT2D eigenvalue weighted by atomic mass is 10.1. The molecule has 0 heterocycles. The van der Waals surface area contributed by atoms with E-state index in [4.69, 9.17) is 4.74 Å². The van der Waals surface area contributed by atoms with Crippen LogP contribution in [0.4, 0.5) is 0 Å². The first kappa shape index (κ1) is 11.4. The molecule has 0 saturated carbocycles. The van der Waals surface area contributed by atoms with Gasteiger partial charge in [-0.25, -0.2) is 0 Å². The molecule has 0 fully saturated rings. The van der Waals surface area contributed by atoms with Gasteiger partial charge in [0.2, 0.25) is 0 Å². The number of amides is 1.